The lowest BCUT2D eigenvalue weighted by molar-refractivity contribution is 1.43. The van der Waals surface area contributed by atoms with Crippen LogP contribution in [0.5, 0.6) is 0 Å². The molecule has 0 fully saturated rings. The van der Waals surface area contributed by atoms with Crippen LogP contribution in [0.2, 0.25) is 5.02 Å². The molecule has 47 valence electrons. The van der Waals surface area contributed by atoms with E-state index < -0.39 is 0 Å². The molecular formula is C7H5BrCl. The van der Waals surface area contributed by atoms with Gasteiger partial charge in [-0.3, -0.25) is 0 Å². The van der Waals surface area contributed by atoms with Gasteiger partial charge in [0.05, 0.1) is 0 Å². The fourth-order valence-corrected chi connectivity index (χ4v) is 1.39. The third-order valence-corrected chi connectivity index (χ3v) is 2.00. The monoisotopic (exact) mass is 203 g/mol. The van der Waals surface area contributed by atoms with Crippen molar-refractivity contribution in [3.05, 3.63) is 34.9 Å². The van der Waals surface area contributed by atoms with Crippen LogP contribution in [-0.4, -0.2) is 0 Å². The fourth-order valence-electron chi connectivity index (χ4n) is 0.551. The Morgan fingerprint density at radius 3 is 2.89 bits per heavy atom. The highest BCUT2D eigenvalue weighted by Gasteiger charge is 1.93. The summed E-state index contributed by atoms with van der Waals surface area (Å²) in [6.45, 7) is 0. The van der Waals surface area contributed by atoms with Crippen LogP contribution in [0.15, 0.2) is 18.2 Å². The second-order valence-electron chi connectivity index (χ2n) is 1.65. The van der Waals surface area contributed by atoms with Crippen LogP contribution in [0.1, 0.15) is 5.56 Å². The Labute approximate surface area is 68.0 Å². The summed E-state index contributed by atoms with van der Waals surface area (Å²) < 4.78 is 0. The molecule has 0 saturated heterocycles. The Morgan fingerprint density at radius 1 is 1.67 bits per heavy atom. The Bertz CT molecular complexity index is 198. The Kier molecular flexibility index (Phi) is 2.55. The second kappa shape index (κ2) is 3.23. The number of hydrogen-bond acceptors (Lipinski definition) is 0. The average molecular weight is 204 g/mol. The normalized spacial score (nSPS) is 9.56. The van der Waals surface area contributed by atoms with E-state index in [0.717, 1.165) is 15.9 Å². The zero-order valence-corrected chi connectivity index (χ0v) is 7.04. The van der Waals surface area contributed by atoms with E-state index in [0.29, 0.717) is 0 Å². The standard InChI is InChI=1S/C7H5BrCl/c8-5-6-3-1-2-4-7(6)9/h1,3-4H,5H2. The van der Waals surface area contributed by atoms with Gasteiger partial charge in [-0.15, -0.1) is 0 Å². The summed E-state index contributed by atoms with van der Waals surface area (Å²) in [5.74, 6) is 0. The number of halogens is 2. The first-order valence-electron chi connectivity index (χ1n) is 2.55. The van der Waals surface area contributed by atoms with Crippen molar-refractivity contribution in [3.63, 3.8) is 0 Å². The maximum Gasteiger partial charge on any atom is 0.0452 e. The number of alkyl halides is 1. The maximum atomic E-state index is 5.76. The molecule has 0 saturated carbocycles. The van der Waals surface area contributed by atoms with E-state index in [9.17, 15) is 0 Å². The molecule has 0 bridgehead atoms. The lowest BCUT2D eigenvalue weighted by atomic mass is 10.2. The molecule has 0 aliphatic rings. The van der Waals surface area contributed by atoms with Crippen molar-refractivity contribution in [2.24, 2.45) is 0 Å². The van der Waals surface area contributed by atoms with Crippen LogP contribution >= 0.6 is 27.5 Å². The largest absolute Gasteiger partial charge is 0.0876 e. The maximum absolute atomic E-state index is 5.76. The minimum atomic E-state index is 0.773. The van der Waals surface area contributed by atoms with Crippen LogP contribution in [-0.2, 0) is 5.33 Å². The summed E-state index contributed by atoms with van der Waals surface area (Å²) in [6.07, 6.45) is 0. The fraction of sp³-hybridized carbons (Fsp3) is 0.143. The van der Waals surface area contributed by atoms with Crippen LogP contribution in [0.4, 0.5) is 0 Å². The smallest absolute Gasteiger partial charge is 0.0452 e. The third-order valence-electron chi connectivity index (χ3n) is 1.04. The summed E-state index contributed by atoms with van der Waals surface area (Å²) in [5, 5.41) is 1.58. The molecular weight excluding hydrogens is 199 g/mol. The first-order chi connectivity index (χ1) is 4.34. The van der Waals surface area contributed by atoms with E-state index >= 15 is 0 Å². The summed E-state index contributed by atoms with van der Waals surface area (Å²) >= 11 is 9.07. The molecule has 0 N–H and O–H groups in total. The van der Waals surface area contributed by atoms with Gasteiger partial charge in [0, 0.05) is 10.4 Å². The number of rotatable bonds is 1. The Balaban J connectivity index is 3.01. The van der Waals surface area contributed by atoms with Gasteiger partial charge in [0.2, 0.25) is 0 Å². The molecule has 0 aliphatic heterocycles. The summed E-state index contributed by atoms with van der Waals surface area (Å²) in [5.41, 5.74) is 1.11. The topological polar surface area (TPSA) is 0 Å². The van der Waals surface area contributed by atoms with Gasteiger partial charge >= 0.3 is 0 Å². The van der Waals surface area contributed by atoms with Gasteiger partial charge in [-0.1, -0.05) is 39.7 Å². The molecule has 1 rings (SSSR count). The molecule has 0 unspecified atom stereocenters. The van der Waals surface area contributed by atoms with Crippen LogP contribution < -0.4 is 0 Å². The Hall–Kier alpha value is -0.0100. The van der Waals surface area contributed by atoms with Gasteiger partial charge in [0.25, 0.3) is 0 Å². The summed E-state index contributed by atoms with van der Waals surface area (Å²) in [7, 11) is 0. The van der Waals surface area contributed by atoms with E-state index in [1.54, 1.807) is 6.07 Å². The minimum absolute atomic E-state index is 0.773. The first-order valence-corrected chi connectivity index (χ1v) is 4.05. The molecule has 0 nitrogen and oxygen atoms in total. The zero-order valence-electron chi connectivity index (χ0n) is 4.70. The molecule has 1 aromatic carbocycles. The van der Waals surface area contributed by atoms with Crippen LogP contribution in [0.25, 0.3) is 0 Å². The summed E-state index contributed by atoms with van der Waals surface area (Å²) in [6, 6.07) is 8.44. The van der Waals surface area contributed by atoms with Crippen molar-refractivity contribution in [3.8, 4) is 0 Å². The highest BCUT2D eigenvalue weighted by atomic mass is 79.9. The number of benzene rings is 1. The lowest BCUT2D eigenvalue weighted by Gasteiger charge is -1.94. The van der Waals surface area contributed by atoms with Gasteiger partial charge in [-0.2, -0.15) is 0 Å². The highest BCUT2D eigenvalue weighted by Crippen LogP contribution is 2.16. The van der Waals surface area contributed by atoms with Crippen molar-refractivity contribution >= 4 is 27.5 Å². The third kappa shape index (κ3) is 1.70. The molecule has 0 aliphatic carbocycles. The summed E-state index contributed by atoms with van der Waals surface area (Å²) in [4.78, 5) is 0. The predicted molar refractivity (Wildman–Crippen MR) is 42.9 cm³/mol. The average Bonchev–Trinajstić information content (AvgIpc) is 1.89. The van der Waals surface area contributed by atoms with Gasteiger partial charge in [0.15, 0.2) is 0 Å². The van der Waals surface area contributed by atoms with Crippen molar-refractivity contribution in [1.29, 1.82) is 0 Å². The van der Waals surface area contributed by atoms with E-state index in [-0.39, 0.29) is 0 Å². The second-order valence-corrected chi connectivity index (χ2v) is 2.62. The van der Waals surface area contributed by atoms with Gasteiger partial charge in [-0.05, 0) is 17.7 Å². The van der Waals surface area contributed by atoms with Crippen LogP contribution in [0.3, 0.4) is 0 Å². The molecule has 0 amide bonds. The minimum Gasteiger partial charge on any atom is -0.0876 e. The molecule has 2 heteroatoms. The SMILES string of the molecule is Clc1c[c]ccc1CBr. The van der Waals surface area contributed by atoms with Crippen molar-refractivity contribution in [1.82, 2.24) is 0 Å². The van der Waals surface area contributed by atoms with Crippen molar-refractivity contribution < 1.29 is 0 Å². The highest BCUT2D eigenvalue weighted by molar-refractivity contribution is 9.08. The molecule has 0 spiro atoms. The molecule has 1 radical (unpaired) electrons. The molecule has 1 aromatic rings. The Morgan fingerprint density at radius 2 is 2.44 bits per heavy atom. The predicted octanol–water partition coefficient (Wildman–Crippen LogP) is 3.04. The van der Waals surface area contributed by atoms with E-state index in [2.05, 4.69) is 22.0 Å². The number of hydrogen-bond donors (Lipinski definition) is 0. The van der Waals surface area contributed by atoms with Crippen molar-refractivity contribution in [2.45, 2.75) is 5.33 Å². The molecule has 0 atom stereocenters. The quantitative estimate of drug-likeness (QED) is 0.617. The molecule has 0 heterocycles. The van der Waals surface area contributed by atoms with Gasteiger partial charge < -0.3 is 0 Å². The van der Waals surface area contributed by atoms with Gasteiger partial charge in [0.1, 0.15) is 0 Å². The van der Waals surface area contributed by atoms with Crippen LogP contribution in [0, 0.1) is 6.07 Å². The lowest BCUT2D eigenvalue weighted by Crippen LogP contribution is -1.76. The molecule has 0 aromatic heterocycles. The molecule has 9 heavy (non-hydrogen) atoms. The van der Waals surface area contributed by atoms with E-state index in [4.69, 9.17) is 11.6 Å². The zero-order chi connectivity index (χ0) is 6.69. The van der Waals surface area contributed by atoms with E-state index in [1.807, 2.05) is 12.1 Å². The first kappa shape index (κ1) is 7.10. The van der Waals surface area contributed by atoms with Crippen molar-refractivity contribution in [2.75, 3.05) is 0 Å². The van der Waals surface area contributed by atoms with E-state index in [1.165, 1.54) is 0 Å². The van der Waals surface area contributed by atoms with Gasteiger partial charge in [-0.25, -0.2) is 0 Å².